The lowest BCUT2D eigenvalue weighted by Crippen LogP contribution is -2.28. The highest BCUT2D eigenvalue weighted by molar-refractivity contribution is 7.80. The molecular weight excluding hydrogens is 380 g/mol. The summed E-state index contributed by atoms with van der Waals surface area (Å²) in [7, 11) is 0. The number of rotatable bonds is 5. The second-order valence-corrected chi connectivity index (χ2v) is 7.41. The molecule has 0 saturated carbocycles. The molecule has 1 saturated heterocycles. The number of thiocarbonyl (C=S) groups is 1. The minimum Gasteiger partial charge on any atom is -0.467 e. The van der Waals surface area contributed by atoms with Crippen LogP contribution in [0.2, 0.25) is 0 Å². The standard InChI is InChI=1S/C23H20N4OS/c29-23-25-21(20-10-4-5-12-24-20)22(27(23)16-19-9-6-14-28-19)17-11-13-26(15-17)18-7-2-1-3-8-18/h1-15,21-22H,16H2,(H,25,29)/t21-,22+/m0/s1. The highest BCUT2D eigenvalue weighted by Crippen LogP contribution is 2.39. The molecule has 0 radical (unpaired) electrons. The molecule has 144 valence electrons. The van der Waals surface area contributed by atoms with Crippen molar-refractivity contribution in [3.05, 3.63) is 109 Å². The highest BCUT2D eigenvalue weighted by Gasteiger charge is 2.40. The van der Waals surface area contributed by atoms with Crippen LogP contribution in [0, 0.1) is 0 Å². The van der Waals surface area contributed by atoms with Gasteiger partial charge in [0.15, 0.2) is 5.11 Å². The average molecular weight is 401 g/mol. The van der Waals surface area contributed by atoms with Crippen LogP contribution in [0.25, 0.3) is 5.69 Å². The molecule has 0 spiro atoms. The van der Waals surface area contributed by atoms with E-state index in [-0.39, 0.29) is 12.1 Å². The van der Waals surface area contributed by atoms with Crippen LogP contribution >= 0.6 is 12.2 Å². The zero-order valence-electron chi connectivity index (χ0n) is 15.7. The predicted molar refractivity (Wildman–Crippen MR) is 115 cm³/mol. The van der Waals surface area contributed by atoms with Gasteiger partial charge in [0.05, 0.1) is 30.6 Å². The van der Waals surface area contributed by atoms with Crippen LogP contribution in [-0.4, -0.2) is 19.6 Å². The van der Waals surface area contributed by atoms with Crippen molar-refractivity contribution in [3.8, 4) is 5.69 Å². The van der Waals surface area contributed by atoms with Gasteiger partial charge in [-0.05, 0) is 60.2 Å². The Morgan fingerprint density at radius 2 is 1.86 bits per heavy atom. The summed E-state index contributed by atoms with van der Waals surface area (Å²) in [6, 6.07) is 22.3. The first-order valence-electron chi connectivity index (χ1n) is 9.53. The SMILES string of the molecule is S=C1N[C@@H](c2ccccn2)[C@@H](c2ccn(-c3ccccc3)c2)N1Cc1ccco1. The Morgan fingerprint density at radius 1 is 1.00 bits per heavy atom. The summed E-state index contributed by atoms with van der Waals surface area (Å²) in [4.78, 5) is 6.77. The summed E-state index contributed by atoms with van der Waals surface area (Å²) >= 11 is 5.71. The first-order chi connectivity index (χ1) is 14.3. The average Bonchev–Trinajstić information content (AvgIpc) is 3.51. The Bertz CT molecular complexity index is 1090. The number of pyridine rings is 1. The zero-order chi connectivity index (χ0) is 19.6. The molecule has 29 heavy (non-hydrogen) atoms. The molecule has 2 atom stereocenters. The number of hydrogen-bond acceptors (Lipinski definition) is 3. The Morgan fingerprint density at radius 3 is 2.62 bits per heavy atom. The fraction of sp³-hybridized carbons (Fsp3) is 0.130. The number of para-hydroxylation sites is 1. The molecule has 5 nitrogen and oxygen atoms in total. The van der Waals surface area contributed by atoms with Crippen LogP contribution in [0.1, 0.15) is 29.1 Å². The van der Waals surface area contributed by atoms with E-state index in [0.717, 1.165) is 17.1 Å². The molecule has 4 heterocycles. The van der Waals surface area contributed by atoms with Gasteiger partial charge < -0.3 is 19.2 Å². The Balaban J connectivity index is 1.54. The van der Waals surface area contributed by atoms with Crippen LogP contribution in [-0.2, 0) is 6.54 Å². The molecule has 6 heteroatoms. The summed E-state index contributed by atoms with van der Waals surface area (Å²) < 4.78 is 7.73. The summed E-state index contributed by atoms with van der Waals surface area (Å²) in [5.41, 5.74) is 3.26. The lowest BCUT2D eigenvalue weighted by Gasteiger charge is -2.26. The number of benzene rings is 1. The van der Waals surface area contributed by atoms with Crippen LogP contribution < -0.4 is 5.32 Å². The molecule has 0 aliphatic carbocycles. The molecule has 1 aliphatic heterocycles. The van der Waals surface area contributed by atoms with Gasteiger partial charge in [0.2, 0.25) is 0 Å². The van der Waals surface area contributed by atoms with Crippen LogP contribution in [0.5, 0.6) is 0 Å². The third-order valence-corrected chi connectivity index (χ3v) is 5.57. The van der Waals surface area contributed by atoms with Gasteiger partial charge >= 0.3 is 0 Å². The summed E-state index contributed by atoms with van der Waals surface area (Å²) in [5, 5.41) is 4.18. The maximum Gasteiger partial charge on any atom is 0.170 e. The molecule has 1 N–H and O–H groups in total. The van der Waals surface area contributed by atoms with Crippen molar-refractivity contribution in [3.63, 3.8) is 0 Å². The fourth-order valence-corrected chi connectivity index (χ4v) is 4.16. The number of nitrogens with zero attached hydrogens (tertiary/aromatic N) is 3. The smallest absolute Gasteiger partial charge is 0.170 e. The number of aromatic nitrogens is 2. The van der Waals surface area contributed by atoms with Crippen molar-refractivity contribution in [1.29, 1.82) is 0 Å². The van der Waals surface area contributed by atoms with Gasteiger partial charge in [-0.3, -0.25) is 4.98 Å². The van der Waals surface area contributed by atoms with Crippen molar-refractivity contribution in [1.82, 2.24) is 19.8 Å². The Labute approximate surface area is 174 Å². The zero-order valence-corrected chi connectivity index (χ0v) is 16.5. The third-order valence-electron chi connectivity index (χ3n) is 5.22. The molecule has 1 fully saturated rings. The highest BCUT2D eigenvalue weighted by atomic mass is 32.1. The lowest BCUT2D eigenvalue weighted by atomic mass is 9.99. The van der Waals surface area contributed by atoms with Crippen LogP contribution in [0.15, 0.2) is 96.0 Å². The minimum atomic E-state index is -0.0368. The van der Waals surface area contributed by atoms with Crippen molar-refractivity contribution < 1.29 is 4.42 Å². The summed E-state index contributed by atoms with van der Waals surface area (Å²) in [6.45, 7) is 0.601. The topological polar surface area (TPSA) is 46.2 Å². The quantitative estimate of drug-likeness (QED) is 0.495. The maximum atomic E-state index is 5.71. The van der Waals surface area contributed by atoms with Gasteiger partial charge in [-0.2, -0.15) is 0 Å². The van der Waals surface area contributed by atoms with E-state index in [1.54, 1.807) is 6.26 Å². The molecule has 0 unspecified atom stereocenters. The van der Waals surface area contributed by atoms with E-state index < -0.39 is 0 Å². The van der Waals surface area contributed by atoms with E-state index in [1.165, 1.54) is 5.56 Å². The maximum absolute atomic E-state index is 5.71. The fourth-order valence-electron chi connectivity index (χ4n) is 3.86. The van der Waals surface area contributed by atoms with E-state index in [1.807, 2.05) is 54.7 Å². The third kappa shape index (κ3) is 3.43. The normalized spacial score (nSPS) is 18.8. The lowest BCUT2D eigenvalue weighted by molar-refractivity contribution is 0.287. The molecule has 3 aromatic heterocycles. The minimum absolute atomic E-state index is 0.00691. The monoisotopic (exact) mass is 400 g/mol. The second-order valence-electron chi connectivity index (χ2n) is 7.02. The van der Waals surface area contributed by atoms with E-state index in [9.17, 15) is 0 Å². The molecule has 1 aromatic carbocycles. The van der Waals surface area contributed by atoms with Gasteiger partial charge in [0, 0.05) is 24.3 Å². The van der Waals surface area contributed by atoms with Crippen LogP contribution in [0.3, 0.4) is 0 Å². The number of furan rings is 1. The van der Waals surface area contributed by atoms with Gasteiger partial charge in [-0.1, -0.05) is 24.3 Å². The van der Waals surface area contributed by atoms with Gasteiger partial charge in [-0.15, -0.1) is 0 Å². The first-order valence-corrected chi connectivity index (χ1v) is 9.94. The molecule has 5 rings (SSSR count). The molecule has 4 aromatic rings. The predicted octanol–water partition coefficient (Wildman–Crippen LogP) is 4.64. The van der Waals surface area contributed by atoms with Crippen molar-refractivity contribution in [2.24, 2.45) is 0 Å². The summed E-state index contributed by atoms with van der Waals surface area (Å²) in [5.74, 6) is 0.878. The van der Waals surface area contributed by atoms with Gasteiger partial charge in [-0.25, -0.2) is 0 Å². The number of nitrogens with one attached hydrogen (secondary N) is 1. The van der Waals surface area contributed by atoms with Crippen molar-refractivity contribution in [2.45, 2.75) is 18.6 Å². The molecule has 1 aliphatic rings. The van der Waals surface area contributed by atoms with E-state index in [4.69, 9.17) is 16.6 Å². The van der Waals surface area contributed by atoms with E-state index in [0.29, 0.717) is 11.7 Å². The Kier molecular flexibility index (Phi) is 4.62. The first kappa shape index (κ1) is 17.7. The van der Waals surface area contributed by atoms with E-state index >= 15 is 0 Å². The van der Waals surface area contributed by atoms with Gasteiger partial charge in [0.1, 0.15) is 5.76 Å². The van der Waals surface area contributed by atoms with E-state index in [2.05, 4.69) is 50.4 Å². The van der Waals surface area contributed by atoms with Crippen molar-refractivity contribution in [2.75, 3.05) is 0 Å². The van der Waals surface area contributed by atoms with Crippen LogP contribution in [0.4, 0.5) is 0 Å². The molecular formula is C23H20N4OS. The van der Waals surface area contributed by atoms with Gasteiger partial charge in [0.25, 0.3) is 0 Å². The molecule has 0 amide bonds. The summed E-state index contributed by atoms with van der Waals surface area (Å²) in [6.07, 6.45) is 7.77. The van der Waals surface area contributed by atoms with Crippen molar-refractivity contribution >= 4 is 17.3 Å². The molecule has 0 bridgehead atoms. The largest absolute Gasteiger partial charge is 0.467 e. The number of hydrogen-bond donors (Lipinski definition) is 1. The Hall–Kier alpha value is -3.38. The second kappa shape index (κ2) is 7.56.